The van der Waals surface area contributed by atoms with E-state index in [2.05, 4.69) is 10.6 Å². The predicted molar refractivity (Wildman–Crippen MR) is 86.7 cm³/mol. The van der Waals surface area contributed by atoms with Gasteiger partial charge in [-0.05, 0) is 43.9 Å². The molecular weight excluding hydrogens is 304 g/mol. The van der Waals surface area contributed by atoms with Crippen LogP contribution in [-0.2, 0) is 11.3 Å². The Balaban J connectivity index is 2.07. The molecule has 0 spiro atoms. The molecule has 1 amide bonds. The molecule has 1 fully saturated rings. The Hall–Kier alpha value is -1.46. The first kappa shape index (κ1) is 16.9. The minimum Gasteiger partial charge on any atom is -0.491 e. The molecule has 1 aliphatic rings. The van der Waals surface area contributed by atoms with Crippen molar-refractivity contribution in [3.63, 3.8) is 0 Å². The fraction of sp³-hybridized carbons (Fsp3) is 0.562. The highest BCUT2D eigenvalue weighted by Crippen LogP contribution is 2.36. The fourth-order valence-electron chi connectivity index (χ4n) is 2.56. The van der Waals surface area contributed by atoms with Gasteiger partial charge in [0, 0.05) is 13.1 Å². The number of rotatable bonds is 6. The van der Waals surface area contributed by atoms with E-state index in [1.165, 1.54) is 0 Å². The first-order chi connectivity index (χ1) is 10.7. The van der Waals surface area contributed by atoms with Gasteiger partial charge in [-0.3, -0.25) is 4.79 Å². The fourth-order valence-corrected chi connectivity index (χ4v) is 2.87. The Kier molecular flexibility index (Phi) is 6.34. The van der Waals surface area contributed by atoms with Crippen LogP contribution in [0.3, 0.4) is 0 Å². The van der Waals surface area contributed by atoms with Crippen LogP contribution in [-0.4, -0.2) is 32.2 Å². The van der Waals surface area contributed by atoms with Gasteiger partial charge in [-0.15, -0.1) is 0 Å². The first-order valence-electron chi connectivity index (χ1n) is 7.66. The highest BCUT2D eigenvalue weighted by molar-refractivity contribution is 6.32. The Morgan fingerprint density at radius 1 is 1.41 bits per heavy atom. The zero-order chi connectivity index (χ0) is 15.9. The molecule has 1 atom stereocenters. The van der Waals surface area contributed by atoms with Gasteiger partial charge in [-0.25, -0.2) is 0 Å². The van der Waals surface area contributed by atoms with E-state index in [-0.39, 0.29) is 11.9 Å². The summed E-state index contributed by atoms with van der Waals surface area (Å²) < 4.78 is 10.8. The smallest absolute Gasteiger partial charge is 0.237 e. The second-order valence-corrected chi connectivity index (χ2v) is 5.67. The third-order valence-corrected chi connectivity index (χ3v) is 3.94. The molecule has 5 nitrogen and oxygen atoms in total. The number of ether oxygens (including phenoxy) is 2. The Morgan fingerprint density at radius 2 is 2.23 bits per heavy atom. The maximum absolute atomic E-state index is 11.9. The molecule has 22 heavy (non-hydrogen) atoms. The quantitative estimate of drug-likeness (QED) is 0.843. The molecule has 0 aromatic heterocycles. The van der Waals surface area contributed by atoms with E-state index in [0.717, 1.165) is 31.4 Å². The first-order valence-corrected chi connectivity index (χ1v) is 8.03. The zero-order valence-electron chi connectivity index (χ0n) is 13.1. The summed E-state index contributed by atoms with van der Waals surface area (Å²) in [5.41, 5.74) is 0.964. The third kappa shape index (κ3) is 4.27. The van der Waals surface area contributed by atoms with Crippen molar-refractivity contribution in [3.05, 3.63) is 22.7 Å². The highest BCUT2D eigenvalue weighted by atomic mass is 35.5. The van der Waals surface area contributed by atoms with Gasteiger partial charge in [0.05, 0.1) is 24.8 Å². The van der Waals surface area contributed by atoms with Crippen molar-refractivity contribution in [2.75, 3.05) is 20.3 Å². The zero-order valence-corrected chi connectivity index (χ0v) is 13.8. The second kappa shape index (κ2) is 8.25. The minimum absolute atomic E-state index is 0.0714. The van der Waals surface area contributed by atoms with Crippen molar-refractivity contribution in [2.45, 2.75) is 38.8 Å². The summed E-state index contributed by atoms with van der Waals surface area (Å²) >= 11 is 6.23. The standard InChI is InChI=1S/C16H23ClN2O3/c1-3-22-14-9-11(8-12(17)15(14)21-2)10-19-13-6-4-5-7-18-16(13)20/h8-9,13,19H,3-7,10H2,1-2H3,(H,18,20)/t13-/m1/s1. The maximum Gasteiger partial charge on any atom is 0.237 e. The van der Waals surface area contributed by atoms with Crippen molar-refractivity contribution in [1.29, 1.82) is 0 Å². The lowest BCUT2D eigenvalue weighted by Gasteiger charge is -2.17. The van der Waals surface area contributed by atoms with Crippen molar-refractivity contribution in [1.82, 2.24) is 10.6 Å². The summed E-state index contributed by atoms with van der Waals surface area (Å²) in [6.45, 7) is 3.77. The van der Waals surface area contributed by atoms with E-state index >= 15 is 0 Å². The molecule has 0 unspecified atom stereocenters. The van der Waals surface area contributed by atoms with E-state index in [0.29, 0.717) is 29.7 Å². The monoisotopic (exact) mass is 326 g/mol. The van der Waals surface area contributed by atoms with Crippen LogP contribution in [0.5, 0.6) is 11.5 Å². The van der Waals surface area contributed by atoms with Gasteiger partial charge in [0.15, 0.2) is 11.5 Å². The SMILES string of the molecule is CCOc1cc(CN[C@@H]2CCCCNC2=O)cc(Cl)c1OC. The van der Waals surface area contributed by atoms with Gasteiger partial charge in [-0.2, -0.15) is 0 Å². The van der Waals surface area contributed by atoms with Gasteiger partial charge >= 0.3 is 0 Å². The summed E-state index contributed by atoms with van der Waals surface area (Å²) in [5.74, 6) is 1.24. The molecule has 6 heteroatoms. The van der Waals surface area contributed by atoms with Gasteiger partial charge in [0.25, 0.3) is 0 Å². The molecule has 0 saturated carbocycles. The normalized spacial score (nSPS) is 18.5. The average Bonchev–Trinajstić information content (AvgIpc) is 2.70. The Labute approximate surface area is 136 Å². The summed E-state index contributed by atoms with van der Waals surface area (Å²) in [4.78, 5) is 11.9. The molecule has 122 valence electrons. The van der Waals surface area contributed by atoms with Crippen LogP contribution < -0.4 is 20.1 Å². The molecule has 0 aliphatic carbocycles. The molecule has 1 aliphatic heterocycles. The topological polar surface area (TPSA) is 59.6 Å². The molecule has 1 saturated heterocycles. The van der Waals surface area contributed by atoms with E-state index < -0.39 is 0 Å². The van der Waals surface area contributed by atoms with Gasteiger partial charge in [0.1, 0.15) is 0 Å². The van der Waals surface area contributed by atoms with Crippen LogP contribution in [0, 0.1) is 0 Å². The Morgan fingerprint density at radius 3 is 2.95 bits per heavy atom. The number of carbonyl (C=O) groups is 1. The second-order valence-electron chi connectivity index (χ2n) is 5.26. The number of halogens is 1. The molecule has 1 aromatic rings. The number of nitrogens with one attached hydrogen (secondary N) is 2. The largest absolute Gasteiger partial charge is 0.491 e. The van der Waals surface area contributed by atoms with Crippen LogP contribution >= 0.6 is 11.6 Å². The number of amides is 1. The molecule has 1 heterocycles. The van der Waals surface area contributed by atoms with Crippen LogP contribution in [0.4, 0.5) is 0 Å². The van der Waals surface area contributed by atoms with E-state index in [1.807, 2.05) is 19.1 Å². The number of benzene rings is 1. The molecule has 1 aromatic carbocycles. The van der Waals surface area contributed by atoms with Crippen molar-refractivity contribution >= 4 is 17.5 Å². The molecule has 0 radical (unpaired) electrons. The lowest BCUT2D eigenvalue weighted by molar-refractivity contribution is -0.122. The molecule has 0 bridgehead atoms. The summed E-state index contributed by atoms with van der Waals surface area (Å²) in [6, 6.07) is 3.58. The van der Waals surface area contributed by atoms with Gasteiger partial charge < -0.3 is 20.1 Å². The van der Waals surface area contributed by atoms with Gasteiger partial charge in [-0.1, -0.05) is 11.6 Å². The maximum atomic E-state index is 11.9. The van der Waals surface area contributed by atoms with Crippen LogP contribution in [0.1, 0.15) is 31.7 Å². The van der Waals surface area contributed by atoms with E-state index in [1.54, 1.807) is 7.11 Å². The predicted octanol–water partition coefficient (Wildman–Crippen LogP) is 2.51. The number of hydrogen-bond donors (Lipinski definition) is 2. The van der Waals surface area contributed by atoms with E-state index in [4.69, 9.17) is 21.1 Å². The molecule has 2 rings (SSSR count). The van der Waals surface area contributed by atoms with Crippen molar-refractivity contribution < 1.29 is 14.3 Å². The number of carbonyl (C=O) groups excluding carboxylic acids is 1. The lowest BCUT2D eigenvalue weighted by Crippen LogP contribution is -2.42. The minimum atomic E-state index is -0.154. The molecular formula is C16H23ClN2O3. The van der Waals surface area contributed by atoms with Crippen LogP contribution in [0.2, 0.25) is 5.02 Å². The lowest BCUT2D eigenvalue weighted by atomic mass is 10.1. The Bertz CT molecular complexity index is 522. The van der Waals surface area contributed by atoms with E-state index in [9.17, 15) is 4.79 Å². The summed E-state index contributed by atoms with van der Waals surface area (Å²) in [5, 5.41) is 6.72. The third-order valence-electron chi connectivity index (χ3n) is 3.66. The van der Waals surface area contributed by atoms with Crippen molar-refractivity contribution in [3.8, 4) is 11.5 Å². The molecule has 2 N–H and O–H groups in total. The number of hydrogen-bond acceptors (Lipinski definition) is 4. The summed E-state index contributed by atoms with van der Waals surface area (Å²) in [6.07, 6.45) is 2.94. The average molecular weight is 327 g/mol. The van der Waals surface area contributed by atoms with Crippen molar-refractivity contribution in [2.24, 2.45) is 0 Å². The van der Waals surface area contributed by atoms with Crippen LogP contribution in [0.15, 0.2) is 12.1 Å². The van der Waals surface area contributed by atoms with Gasteiger partial charge in [0.2, 0.25) is 5.91 Å². The van der Waals surface area contributed by atoms with Crippen LogP contribution in [0.25, 0.3) is 0 Å². The highest BCUT2D eigenvalue weighted by Gasteiger charge is 2.20. The summed E-state index contributed by atoms with van der Waals surface area (Å²) in [7, 11) is 1.57. The number of methoxy groups -OCH3 is 1.